The van der Waals surface area contributed by atoms with Gasteiger partial charge < -0.3 is 9.13 Å². The average Bonchev–Trinajstić information content (AvgIpc) is 3.91. The van der Waals surface area contributed by atoms with Crippen molar-refractivity contribution in [2.75, 3.05) is 0 Å². The van der Waals surface area contributed by atoms with Crippen molar-refractivity contribution >= 4 is 86.7 Å². The monoisotopic (exact) mass is 834 g/mol. The molecule has 0 aliphatic carbocycles. The van der Waals surface area contributed by atoms with Crippen LogP contribution in [-0.2, 0) is 0 Å². The van der Waals surface area contributed by atoms with Gasteiger partial charge in [-0.15, -0.1) is 0 Å². The van der Waals surface area contributed by atoms with Crippen LogP contribution in [0.2, 0.25) is 0 Å². The zero-order valence-electron chi connectivity index (χ0n) is 35.4. The Morgan fingerprint density at radius 1 is 0.273 bits per heavy atom. The van der Waals surface area contributed by atoms with Gasteiger partial charge in [0.1, 0.15) is 0 Å². The predicted molar refractivity (Wildman–Crippen MR) is 273 cm³/mol. The molecule has 0 aliphatic heterocycles. The van der Waals surface area contributed by atoms with Gasteiger partial charge >= 0.3 is 0 Å². The summed E-state index contributed by atoms with van der Waals surface area (Å²) in [5.74, 6) is 0. The van der Waals surface area contributed by atoms with Crippen LogP contribution in [0.4, 0.5) is 0 Å². The molecule has 4 heteroatoms. The third kappa shape index (κ3) is 4.96. The number of aromatic nitrogens is 2. The second-order valence-corrected chi connectivity index (χ2v) is 17.4. The Bertz CT molecular complexity index is 4120. The first-order valence-electron chi connectivity index (χ1n) is 22.3. The first-order chi connectivity index (χ1) is 32.7. The molecule has 4 nitrogen and oxygen atoms in total. The van der Waals surface area contributed by atoms with E-state index in [1.54, 1.807) is 0 Å². The Morgan fingerprint density at radius 3 is 0.970 bits per heavy atom. The van der Waals surface area contributed by atoms with Gasteiger partial charge in [-0.3, -0.25) is 0 Å². The van der Waals surface area contributed by atoms with Crippen LogP contribution in [0.15, 0.2) is 206 Å². The Kier molecular flexibility index (Phi) is 7.50. The summed E-state index contributed by atoms with van der Waals surface area (Å²) in [4.78, 5) is 0. The van der Waals surface area contributed by atoms with Crippen LogP contribution >= 0.6 is 0 Å². The van der Waals surface area contributed by atoms with Gasteiger partial charge in [0.05, 0.1) is 45.3 Å². The number of hydrogen-bond donors (Lipinski definition) is 0. The predicted octanol–water partition coefficient (Wildman–Crippen LogP) is 16.1. The van der Waals surface area contributed by atoms with Gasteiger partial charge in [0, 0.05) is 32.9 Å². The second-order valence-electron chi connectivity index (χ2n) is 17.4. The summed E-state index contributed by atoms with van der Waals surface area (Å²) in [5, 5.41) is 34.2. The van der Waals surface area contributed by atoms with Gasteiger partial charge in [0.15, 0.2) is 0 Å². The summed E-state index contributed by atoms with van der Waals surface area (Å²) in [6.45, 7) is 0. The normalized spacial score (nSPS) is 11.9. The highest BCUT2D eigenvalue weighted by Gasteiger charge is 2.23. The molecule has 0 saturated carbocycles. The second kappa shape index (κ2) is 13.6. The van der Waals surface area contributed by atoms with Crippen LogP contribution in [0.5, 0.6) is 0 Å². The highest BCUT2D eigenvalue weighted by atomic mass is 15.0. The fraction of sp³-hybridized carbons (Fsp3) is 0. The van der Waals surface area contributed by atoms with E-state index in [9.17, 15) is 10.5 Å². The lowest BCUT2D eigenvalue weighted by molar-refractivity contribution is 1.18. The lowest BCUT2D eigenvalue weighted by atomic mass is 9.86. The minimum atomic E-state index is 0.655. The Balaban J connectivity index is 0.957. The van der Waals surface area contributed by atoms with Crippen molar-refractivity contribution in [2.45, 2.75) is 0 Å². The molecule has 12 aromatic carbocycles. The standard InChI is InChI=1S/C62H34N4/c63-35-37-31-39-19-21-53-51(27-29-55-61(53)59(39)57(33-37)65(55)41-11-3-1-4-12-41)49-25-23-47(43-15-7-9-17-45(43)49)48-24-26-50(46-18-10-8-16-44(46)48)52-28-30-56-62-54(52)22-20-40-32-38(36-64)34-58(60(40)62)66(56)42-13-5-2-6-14-42/h1-34H. The molecule has 14 rings (SSSR count). The van der Waals surface area contributed by atoms with E-state index in [1.165, 1.54) is 87.2 Å². The molecule has 2 heterocycles. The fourth-order valence-electron chi connectivity index (χ4n) is 11.4. The summed E-state index contributed by atoms with van der Waals surface area (Å²) in [7, 11) is 0. The molecule has 302 valence electrons. The van der Waals surface area contributed by atoms with Crippen molar-refractivity contribution in [3.05, 3.63) is 217 Å². The first kappa shape index (κ1) is 36.3. The number of hydrogen-bond acceptors (Lipinski definition) is 2. The molecular formula is C62H34N4. The van der Waals surface area contributed by atoms with Crippen LogP contribution in [0, 0.1) is 22.7 Å². The summed E-state index contributed by atoms with van der Waals surface area (Å²) in [6, 6.07) is 78.6. The van der Waals surface area contributed by atoms with Crippen LogP contribution in [0.3, 0.4) is 0 Å². The Hall–Kier alpha value is -9.22. The maximum atomic E-state index is 10.0. The fourth-order valence-corrected chi connectivity index (χ4v) is 11.4. The first-order valence-corrected chi connectivity index (χ1v) is 22.3. The van der Waals surface area contributed by atoms with Gasteiger partial charge in [-0.1, -0.05) is 146 Å². The van der Waals surface area contributed by atoms with Crippen LogP contribution in [0.1, 0.15) is 11.1 Å². The van der Waals surface area contributed by atoms with Gasteiger partial charge in [-0.05, 0) is 137 Å². The number of rotatable bonds is 5. The third-order valence-electron chi connectivity index (χ3n) is 14.1. The molecular weight excluding hydrogens is 801 g/mol. The molecule has 2 aromatic heterocycles. The Morgan fingerprint density at radius 2 is 0.606 bits per heavy atom. The van der Waals surface area contributed by atoms with Gasteiger partial charge in [-0.25, -0.2) is 0 Å². The zero-order chi connectivity index (χ0) is 43.6. The highest BCUT2D eigenvalue weighted by molar-refractivity contribution is 6.29. The number of nitrogens with zero attached hydrogens (tertiary/aromatic N) is 4. The van der Waals surface area contributed by atoms with Crippen molar-refractivity contribution in [1.82, 2.24) is 9.13 Å². The van der Waals surface area contributed by atoms with E-state index in [0.29, 0.717) is 11.1 Å². The molecule has 0 saturated heterocycles. The molecule has 0 N–H and O–H groups in total. The Labute approximate surface area is 378 Å². The molecule has 0 fully saturated rings. The smallest absolute Gasteiger partial charge is 0.0992 e. The van der Waals surface area contributed by atoms with Crippen molar-refractivity contribution in [1.29, 1.82) is 10.5 Å². The van der Waals surface area contributed by atoms with E-state index in [2.05, 4.69) is 191 Å². The maximum Gasteiger partial charge on any atom is 0.0992 e. The van der Waals surface area contributed by atoms with Crippen molar-refractivity contribution in [3.8, 4) is 56.9 Å². The lowest BCUT2D eigenvalue weighted by Gasteiger charge is -2.17. The van der Waals surface area contributed by atoms with E-state index in [-0.39, 0.29) is 0 Å². The third-order valence-corrected chi connectivity index (χ3v) is 14.1. The SMILES string of the molecule is N#Cc1cc2ccc3c(-c4ccc(-c5ccc(-c6ccc7c8c6ccc6cc(C#N)cc(c68)n7-c6ccccc6)c6ccccc56)c5ccccc45)ccc4c3c2c(c1)n4-c1ccccc1. The average molecular weight is 835 g/mol. The summed E-state index contributed by atoms with van der Waals surface area (Å²) in [5.41, 5.74) is 14.9. The molecule has 14 aromatic rings. The number of benzene rings is 12. The summed E-state index contributed by atoms with van der Waals surface area (Å²) in [6.07, 6.45) is 0. The summed E-state index contributed by atoms with van der Waals surface area (Å²) < 4.78 is 4.61. The van der Waals surface area contributed by atoms with E-state index in [4.69, 9.17) is 0 Å². The molecule has 0 amide bonds. The van der Waals surface area contributed by atoms with Crippen LogP contribution in [-0.4, -0.2) is 9.13 Å². The maximum absolute atomic E-state index is 10.0. The van der Waals surface area contributed by atoms with Gasteiger partial charge in [0.2, 0.25) is 0 Å². The molecule has 0 aliphatic rings. The molecule has 0 unspecified atom stereocenters. The molecule has 0 bridgehead atoms. The number of nitriles is 2. The van der Waals surface area contributed by atoms with Crippen molar-refractivity contribution < 1.29 is 0 Å². The quantitative estimate of drug-likeness (QED) is 0.162. The highest BCUT2D eigenvalue weighted by Crippen LogP contribution is 2.48. The number of para-hydroxylation sites is 2. The van der Waals surface area contributed by atoms with E-state index >= 15 is 0 Å². The molecule has 66 heavy (non-hydrogen) atoms. The largest absolute Gasteiger partial charge is 0.309 e. The molecule has 0 spiro atoms. The minimum absolute atomic E-state index is 0.655. The minimum Gasteiger partial charge on any atom is -0.309 e. The van der Waals surface area contributed by atoms with Crippen molar-refractivity contribution in [3.63, 3.8) is 0 Å². The van der Waals surface area contributed by atoms with Gasteiger partial charge in [0.25, 0.3) is 0 Å². The summed E-state index contributed by atoms with van der Waals surface area (Å²) >= 11 is 0. The van der Waals surface area contributed by atoms with Crippen LogP contribution in [0.25, 0.3) is 131 Å². The van der Waals surface area contributed by atoms with Crippen molar-refractivity contribution in [2.24, 2.45) is 0 Å². The van der Waals surface area contributed by atoms with E-state index in [0.717, 1.165) is 44.2 Å². The van der Waals surface area contributed by atoms with Crippen LogP contribution < -0.4 is 0 Å². The lowest BCUT2D eigenvalue weighted by Crippen LogP contribution is -1.94. The number of fused-ring (bicyclic) bond motifs is 2. The topological polar surface area (TPSA) is 57.4 Å². The zero-order valence-corrected chi connectivity index (χ0v) is 35.4. The molecule has 0 radical (unpaired) electrons. The van der Waals surface area contributed by atoms with E-state index in [1.807, 2.05) is 36.4 Å². The molecule has 0 atom stereocenters. The van der Waals surface area contributed by atoms with Gasteiger partial charge in [-0.2, -0.15) is 10.5 Å². The van der Waals surface area contributed by atoms with E-state index < -0.39 is 0 Å².